The highest BCUT2D eigenvalue weighted by atomic mass is 16.1. The predicted octanol–water partition coefficient (Wildman–Crippen LogP) is 0.778. The number of hydrogen-bond acceptors (Lipinski definition) is 1. The molecule has 1 rings (SSSR count). The molecule has 1 N–H and O–H groups in total. The van der Waals surface area contributed by atoms with Crippen molar-refractivity contribution >= 4 is 5.91 Å². The standard InChI is InChI=1S/C7H13NO/c1-5-3-7(9)8-4-6(5)2/h5-6H,3-4H2,1-2H3,(H,8,9)/t5?,6-/m0/s1. The molecule has 1 fully saturated rings. The monoisotopic (exact) mass is 127 g/mol. The van der Waals surface area contributed by atoms with Gasteiger partial charge in [-0.15, -0.1) is 0 Å². The number of carbonyl (C=O) groups is 1. The molecule has 0 radical (unpaired) electrons. The van der Waals surface area contributed by atoms with Gasteiger partial charge in [0.05, 0.1) is 0 Å². The third-order valence-corrected chi connectivity index (χ3v) is 2.10. The molecule has 0 aliphatic carbocycles. The van der Waals surface area contributed by atoms with Crippen LogP contribution in [0.3, 0.4) is 0 Å². The van der Waals surface area contributed by atoms with Crippen LogP contribution in [0.2, 0.25) is 0 Å². The molecule has 1 unspecified atom stereocenters. The first-order valence-corrected chi connectivity index (χ1v) is 3.47. The number of nitrogens with one attached hydrogen (secondary N) is 1. The van der Waals surface area contributed by atoms with Gasteiger partial charge in [-0.3, -0.25) is 4.79 Å². The van der Waals surface area contributed by atoms with E-state index < -0.39 is 0 Å². The first-order chi connectivity index (χ1) is 4.20. The maximum Gasteiger partial charge on any atom is 0.220 e. The summed E-state index contributed by atoms with van der Waals surface area (Å²) in [6.45, 7) is 5.16. The Balaban J connectivity index is 2.44. The first kappa shape index (κ1) is 6.59. The van der Waals surface area contributed by atoms with E-state index in [-0.39, 0.29) is 5.91 Å². The quantitative estimate of drug-likeness (QED) is 0.512. The van der Waals surface area contributed by atoms with Gasteiger partial charge in [0.15, 0.2) is 0 Å². The molecule has 0 spiro atoms. The molecule has 0 bridgehead atoms. The summed E-state index contributed by atoms with van der Waals surface area (Å²) in [5, 5.41) is 2.82. The van der Waals surface area contributed by atoms with Gasteiger partial charge in [-0.05, 0) is 11.8 Å². The highest BCUT2D eigenvalue weighted by Crippen LogP contribution is 2.17. The Kier molecular flexibility index (Phi) is 1.74. The molecule has 1 aliphatic heterocycles. The van der Waals surface area contributed by atoms with Crippen LogP contribution >= 0.6 is 0 Å². The largest absolute Gasteiger partial charge is 0.356 e. The van der Waals surface area contributed by atoms with Gasteiger partial charge >= 0.3 is 0 Å². The Hall–Kier alpha value is -0.530. The second-order valence-corrected chi connectivity index (χ2v) is 2.96. The molecule has 9 heavy (non-hydrogen) atoms. The van der Waals surface area contributed by atoms with Crippen molar-refractivity contribution in [3.63, 3.8) is 0 Å². The summed E-state index contributed by atoms with van der Waals surface area (Å²) in [5.74, 6) is 1.43. The lowest BCUT2D eigenvalue weighted by molar-refractivity contribution is -0.124. The van der Waals surface area contributed by atoms with Crippen LogP contribution in [0.25, 0.3) is 0 Å². The highest BCUT2D eigenvalue weighted by molar-refractivity contribution is 5.76. The van der Waals surface area contributed by atoms with E-state index in [0.29, 0.717) is 18.3 Å². The Morgan fingerprint density at radius 2 is 2.11 bits per heavy atom. The first-order valence-electron chi connectivity index (χ1n) is 3.47. The summed E-state index contributed by atoms with van der Waals surface area (Å²) in [6.07, 6.45) is 0.709. The minimum absolute atomic E-state index is 0.209. The van der Waals surface area contributed by atoms with Crippen LogP contribution in [0, 0.1) is 11.8 Å². The summed E-state index contributed by atoms with van der Waals surface area (Å²) >= 11 is 0. The van der Waals surface area contributed by atoms with Gasteiger partial charge < -0.3 is 5.32 Å². The van der Waals surface area contributed by atoms with Crippen molar-refractivity contribution in [3.8, 4) is 0 Å². The normalized spacial score (nSPS) is 36.0. The predicted molar refractivity (Wildman–Crippen MR) is 36.0 cm³/mol. The number of amides is 1. The van der Waals surface area contributed by atoms with Crippen molar-refractivity contribution in [2.75, 3.05) is 6.54 Å². The SMILES string of the molecule is CC1CC(=O)NC[C@@H]1C. The molecule has 1 saturated heterocycles. The average Bonchev–Trinajstić information content (AvgIpc) is 1.80. The van der Waals surface area contributed by atoms with Crippen molar-refractivity contribution < 1.29 is 4.79 Å². The second kappa shape index (κ2) is 2.38. The molecule has 0 aromatic carbocycles. The molecular formula is C7H13NO. The van der Waals surface area contributed by atoms with E-state index in [0.717, 1.165) is 6.54 Å². The van der Waals surface area contributed by atoms with Crippen LogP contribution in [0.15, 0.2) is 0 Å². The van der Waals surface area contributed by atoms with E-state index in [1.54, 1.807) is 0 Å². The van der Waals surface area contributed by atoms with E-state index in [4.69, 9.17) is 0 Å². The second-order valence-electron chi connectivity index (χ2n) is 2.96. The average molecular weight is 127 g/mol. The zero-order chi connectivity index (χ0) is 6.85. The van der Waals surface area contributed by atoms with Crippen LogP contribution in [0.1, 0.15) is 20.3 Å². The van der Waals surface area contributed by atoms with E-state index >= 15 is 0 Å². The van der Waals surface area contributed by atoms with Gasteiger partial charge in [-0.2, -0.15) is 0 Å². The van der Waals surface area contributed by atoms with Crippen molar-refractivity contribution in [3.05, 3.63) is 0 Å². The van der Waals surface area contributed by atoms with E-state index in [9.17, 15) is 4.79 Å². The number of hydrogen-bond donors (Lipinski definition) is 1. The van der Waals surface area contributed by atoms with Crippen LogP contribution < -0.4 is 5.32 Å². The van der Waals surface area contributed by atoms with Crippen molar-refractivity contribution in [1.82, 2.24) is 5.32 Å². The van der Waals surface area contributed by atoms with Gasteiger partial charge in [-0.25, -0.2) is 0 Å². The molecule has 2 heteroatoms. The van der Waals surface area contributed by atoms with Crippen LogP contribution in [-0.2, 0) is 4.79 Å². The zero-order valence-corrected chi connectivity index (χ0v) is 5.98. The van der Waals surface area contributed by atoms with Crippen molar-refractivity contribution in [2.45, 2.75) is 20.3 Å². The number of rotatable bonds is 0. The minimum Gasteiger partial charge on any atom is -0.356 e. The van der Waals surface area contributed by atoms with Crippen molar-refractivity contribution in [2.24, 2.45) is 11.8 Å². The molecule has 0 saturated carbocycles. The molecule has 1 heterocycles. The lowest BCUT2D eigenvalue weighted by atomic mass is 9.90. The number of piperidine rings is 1. The van der Waals surface area contributed by atoms with Gasteiger partial charge in [0.1, 0.15) is 0 Å². The summed E-state index contributed by atoms with van der Waals surface area (Å²) < 4.78 is 0. The van der Waals surface area contributed by atoms with E-state index in [2.05, 4.69) is 19.2 Å². The number of carbonyl (C=O) groups excluding carboxylic acids is 1. The molecule has 52 valence electrons. The lowest BCUT2D eigenvalue weighted by Crippen LogP contribution is -2.38. The Bertz CT molecular complexity index is 122. The third kappa shape index (κ3) is 1.44. The summed E-state index contributed by atoms with van der Waals surface area (Å²) in [5.41, 5.74) is 0. The molecule has 2 atom stereocenters. The minimum atomic E-state index is 0.209. The highest BCUT2D eigenvalue weighted by Gasteiger charge is 2.20. The topological polar surface area (TPSA) is 29.1 Å². The van der Waals surface area contributed by atoms with Crippen LogP contribution in [0.4, 0.5) is 0 Å². The van der Waals surface area contributed by atoms with E-state index in [1.165, 1.54) is 0 Å². The van der Waals surface area contributed by atoms with Crippen LogP contribution in [0.5, 0.6) is 0 Å². The summed E-state index contributed by atoms with van der Waals surface area (Å²) in [4.78, 5) is 10.7. The smallest absolute Gasteiger partial charge is 0.220 e. The Labute approximate surface area is 55.6 Å². The van der Waals surface area contributed by atoms with Crippen molar-refractivity contribution in [1.29, 1.82) is 0 Å². The molecule has 0 aromatic heterocycles. The molecule has 0 aromatic rings. The van der Waals surface area contributed by atoms with Gasteiger partial charge in [0.2, 0.25) is 5.91 Å². The molecule has 2 nitrogen and oxygen atoms in total. The lowest BCUT2D eigenvalue weighted by Gasteiger charge is -2.25. The van der Waals surface area contributed by atoms with E-state index in [1.807, 2.05) is 0 Å². The molecule has 1 aliphatic rings. The summed E-state index contributed by atoms with van der Waals surface area (Å²) in [6, 6.07) is 0. The summed E-state index contributed by atoms with van der Waals surface area (Å²) in [7, 11) is 0. The van der Waals surface area contributed by atoms with Crippen LogP contribution in [-0.4, -0.2) is 12.5 Å². The fraction of sp³-hybridized carbons (Fsp3) is 0.857. The maximum absolute atomic E-state index is 10.7. The molecule has 1 amide bonds. The fourth-order valence-electron chi connectivity index (χ4n) is 1.04. The van der Waals surface area contributed by atoms with Gasteiger partial charge in [0.25, 0.3) is 0 Å². The zero-order valence-electron chi connectivity index (χ0n) is 5.98. The van der Waals surface area contributed by atoms with Gasteiger partial charge in [0, 0.05) is 13.0 Å². The Morgan fingerprint density at radius 1 is 1.44 bits per heavy atom. The van der Waals surface area contributed by atoms with Gasteiger partial charge in [-0.1, -0.05) is 13.8 Å². The maximum atomic E-state index is 10.7. The fourth-order valence-corrected chi connectivity index (χ4v) is 1.04. The molecular weight excluding hydrogens is 114 g/mol. The Morgan fingerprint density at radius 3 is 2.56 bits per heavy atom. The third-order valence-electron chi connectivity index (χ3n) is 2.10.